The molecule has 36 heavy (non-hydrogen) atoms. The van der Waals surface area contributed by atoms with Crippen LogP contribution in [0.3, 0.4) is 0 Å². The molecular weight excluding hydrogens is 1060 g/mol. The Bertz CT molecular complexity index is 1220. The molecule has 4 rings (SSSR count). The van der Waals surface area contributed by atoms with E-state index >= 15 is 0 Å². The molecule has 0 saturated heterocycles. The number of hydrogen-bond donors (Lipinski definition) is 0. The molecule has 4 aromatic rings. The van der Waals surface area contributed by atoms with Crippen LogP contribution in [0.5, 0.6) is 34.5 Å². The molecule has 0 spiro atoms. The zero-order valence-electron chi connectivity index (χ0n) is 17.3. The van der Waals surface area contributed by atoms with E-state index in [1.54, 1.807) is 18.2 Å². The van der Waals surface area contributed by atoms with Gasteiger partial charge in [0.05, 0.1) is 26.8 Å². The largest absolute Gasteiger partial charge is 0.455 e. The first-order chi connectivity index (χ1) is 17.0. The molecule has 3 nitrogen and oxygen atoms in total. The summed E-state index contributed by atoms with van der Waals surface area (Å²) < 4.78 is 26.2. The summed E-state index contributed by atoms with van der Waals surface area (Å²) in [6.45, 7) is 0. The van der Waals surface area contributed by atoms with Crippen molar-refractivity contribution in [3.63, 3.8) is 0 Å². The van der Waals surface area contributed by atoms with Gasteiger partial charge < -0.3 is 14.2 Å². The first-order valence-electron chi connectivity index (χ1n) is 9.62. The molecule has 0 amide bonds. The predicted octanol–water partition coefficient (Wildman–Crippen LogP) is 13.9. The third kappa shape index (κ3) is 7.41. The molecule has 0 bridgehead atoms. The Balaban J connectivity index is 1.79. The second-order valence-corrected chi connectivity index (χ2v) is 14.9. The van der Waals surface area contributed by atoms with E-state index in [2.05, 4.69) is 143 Å². The maximum atomic E-state index is 6.27. The van der Waals surface area contributed by atoms with E-state index < -0.39 is 0 Å². The molecule has 0 saturated carbocycles. The predicted molar refractivity (Wildman–Crippen MR) is 175 cm³/mol. The highest BCUT2D eigenvalue weighted by Gasteiger charge is 2.16. The molecule has 186 valence electrons. The quantitative estimate of drug-likeness (QED) is 0.193. The van der Waals surface area contributed by atoms with Crippen LogP contribution in [0.2, 0.25) is 0 Å². The minimum atomic E-state index is 0.514. The minimum Gasteiger partial charge on any atom is -0.455 e. The third-order valence-electron chi connectivity index (χ3n) is 4.40. The highest BCUT2D eigenvalue weighted by Crippen LogP contribution is 2.45. The number of rotatable bonds is 6. The van der Waals surface area contributed by atoms with Crippen LogP contribution in [0.1, 0.15) is 0 Å². The van der Waals surface area contributed by atoms with Gasteiger partial charge in [-0.05, 0) is 132 Å². The Morgan fingerprint density at radius 1 is 0.306 bits per heavy atom. The summed E-state index contributed by atoms with van der Waals surface area (Å²) in [6, 6.07) is 16.8. The van der Waals surface area contributed by atoms with Crippen LogP contribution in [0.15, 0.2) is 94.9 Å². The van der Waals surface area contributed by atoms with Crippen molar-refractivity contribution >= 4 is 143 Å². The van der Waals surface area contributed by atoms with Gasteiger partial charge in [0.1, 0.15) is 17.2 Å². The second kappa shape index (κ2) is 12.8. The molecule has 0 fully saturated rings. The summed E-state index contributed by atoms with van der Waals surface area (Å²) in [6.07, 6.45) is 0. The average Bonchev–Trinajstić information content (AvgIpc) is 2.76. The summed E-state index contributed by atoms with van der Waals surface area (Å²) in [5, 5.41) is 0. The number of hydrogen-bond acceptors (Lipinski definition) is 3. The maximum absolute atomic E-state index is 6.27. The van der Waals surface area contributed by atoms with Gasteiger partial charge in [0.15, 0.2) is 17.2 Å². The molecule has 12 heteroatoms. The molecule has 0 N–H and O–H groups in total. The van der Waals surface area contributed by atoms with Crippen LogP contribution in [0, 0.1) is 0 Å². The topological polar surface area (TPSA) is 27.7 Å². The smallest absolute Gasteiger partial charge is 0.155 e. The van der Waals surface area contributed by atoms with Gasteiger partial charge in [-0.1, -0.05) is 47.8 Å². The molecule has 0 aromatic heterocycles. The van der Waals surface area contributed by atoms with Crippen molar-refractivity contribution in [3.8, 4) is 34.5 Å². The summed E-state index contributed by atoms with van der Waals surface area (Å²) in [5.74, 6) is 3.37. The van der Waals surface area contributed by atoms with Gasteiger partial charge in [-0.15, -0.1) is 0 Å². The van der Waals surface area contributed by atoms with Crippen molar-refractivity contribution in [1.29, 1.82) is 0 Å². The SMILES string of the molecule is Brc1cc(Br)c(Oc2cc(Oc3c(Br)cc(Br)cc3Br)cc(Oc3c(Br)cc(Br)cc3Br)c2)c(Br)c1. The first kappa shape index (κ1) is 29.6. The Morgan fingerprint density at radius 2 is 0.500 bits per heavy atom. The van der Waals surface area contributed by atoms with Crippen molar-refractivity contribution in [2.24, 2.45) is 0 Å². The molecule has 0 atom stereocenters. The van der Waals surface area contributed by atoms with E-state index in [1.807, 2.05) is 36.4 Å². The number of halogens is 9. The second-order valence-electron chi connectivity index (χ2n) is 7.04. The standard InChI is InChI=1S/C24H9Br9O3/c25-10-1-16(28)22(17(29)2-10)34-13-7-14(35-23-18(30)3-11(26)4-19(23)31)9-15(8-13)36-24-20(32)5-12(27)6-21(24)33/h1-9H. The van der Waals surface area contributed by atoms with Crippen LogP contribution < -0.4 is 14.2 Å². The average molecular weight is 1060 g/mol. The molecule has 4 aromatic carbocycles. The van der Waals surface area contributed by atoms with E-state index in [9.17, 15) is 0 Å². The lowest BCUT2D eigenvalue weighted by Gasteiger charge is -2.16. The summed E-state index contributed by atoms with van der Waals surface area (Å²) in [4.78, 5) is 0. The highest BCUT2D eigenvalue weighted by atomic mass is 79.9. The van der Waals surface area contributed by atoms with Crippen LogP contribution in [-0.4, -0.2) is 0 Å². The van der Waals surface area contributed by atoms with Crippen LogP contribution in [0.25, 0.3) is 0 Å². The van der Waals surface area contributed by atoms with Gasteiger partial charge >= 0.3 is 0 Å². The lowest BCUT2D eigenvalue weighted by molar-refractivity contribution is 0.434. The van der Waals surface area contributed by atoms with Crippen molar-refractivity contribution in [3.05, 3.63) is 94.9 Å². The Kier molecular flexibility index (Phi) is 10.6. The lowest BCUT2D eigenvalue weighted by atomic mass is 10.2. The van der Waals surface area contributed by atoms with Gasteiger partial charge in [-0.3, -0.25) is 0 Å². The summed E-state index contributed by atoms with van der Waals surface area (Å²) in [5.41, 5.74) is 0. The van der Waals surface area contributed by atoms with Crippen LogP contribution in [0.4, 0.5) is 0 Å². The fourth-order valence-corrected chi connectivity index (χ4v) is 10.2. The van der Waals surface area contributed by atoms with Crippen molar-refractivity contribution in [1.82, 2.24) is 0 Å². The Hall–Kier alpha value is 0.600. The third-order valence-corrected chi connectivity index (χ3v) is 9.31. The van der Waals surface area contributed by atoms with Gasteiger partial charge in [0, 0.05) is 31.6 Å². The van der Waals surface area contributed by atoms with Crippen LogP contribution >= 0.6 is 143 Å². The number of ether oxygens (including phenoxy) is 3. The Labute approximate surface area is 283 Å². The van der Waals surface area contributed by atoms with E-state index in [-0.39, 0.29) is 0 Å². The highest BCUT2D eigenvalue weighted by molar-refractivity contribution is 9.12. The normalized spacial score (nSPS) is 10.9. The Morgan fingerprint density at radius 3 is 0.694 bits per heavy atom. The van der Waals surface area contributed by atoms with Crippen molar-refractivity contribution < 1.29 is 14.2 Å². The monoisotopic (exact) mass is 1060 g/mol. The first-order valence-corrected chi connectivity index (χ1v) is 16.8. The summed E-state index contributed by atoms with van der Waals surface area (Å²) >= 11 is 31.9. The molecule has 0 heterocycles. The van der Waals surface area contributed by atoms with Crippen LogP contribution in [-0.2, 0) is 0 Å². The van der Waals surface area contributed by atoms with E-state index in [0.717, 1.165) is 40.3 Å². The van der Waals surface area contributed by atoms with Crippen molar-refractivity contribution in [2.75, 3.05) is 0 Å². The molecule has 0 radical (unpaired) electrons. The molecular formula is C24H9Br9O3. The fourth-order valence-electron chi connectivity index (χ4n) is 2.96. The lowest BCUT2D eigenvalue weighted by Crippen LogP contribution is -1.94. The van der Waals surface area contributed by atoms with Gasteiger partial charge in [0.25, 0.3) is 0 Å². The fraction of sp³-hybridized carbons (Fsp3) is 0. The van der Waals surface area contributed by atoms with Gasteiger partial charge in [-0.25, -0.2) is 0 Å². The van der Waals surface area contributed by atoms with E-state index in [4.69, 9.17) is 14.2 Å². The minimum absolute atomic E-state index is 0.514. The molecule has 0 unspecified atom stereocenters. The summed E-state index contributed by atoms with van der Waals surface area (Å²) in [7, 11) is 0. The van der Waals surface area contributed by atoms with Gasteiger partial charge in [-0.2, -0.15) is 0 Å². The van der Waals surface area contributed by atoms with E-state index in [0.29, 0.717) is 34.5 Å². The zero-order valence-corrected chi connectivity index (χ0v) is 31.6. The van der Waals surface area contributed by atoms with E-state index in [1.165, 1.54) is 0 Å². The van der Waals surface area contributed by atoms with Gasteiger partial charge in [0.2, 0.25) is 0 Å². The number of benzene rings is 4. The molecule has 0 aliphatic heterocycles. The van der Waals surface area contributed by atoms with Crippen molar-refractivity contribution in [2.45, 2.75) is 0 Å². The molecule has 0 aliphatic rings. The maximum Gasteiger partial charge on any atom is 0.155 e. The molecule has 0 aliphatic carbocycles. The zero-order chi connectivity index (χ0) is 26.1.